The lowest BCUT2D eigenvalue weighted by Crippen LogP contribution is -2.38. The van der Waals surface area contributed by atoms with Crippen molar-refractivity contribution in [3.8, 4) is 5.75 Å². The van der Waals surface area contributed by atoms with E-state index < -0.39 is 34.2 Å². The molecule has 0 fully saturated rings. The lowest BCUT2D eigenvalue weighted by atomic mass is 10.2. The zero-order chi connectivity index (χ0) is 25.1. The van der Waals surface area contributed by atoms with E-state index in [-0.39, 0.29) is 22.0 Å². The summed E-state index contributed by atoms with van der Waals surface area (Å²) in [7, 11) is -4.51. The van der Waals surface area contributed by atoms with Gasteiger partial charge in [0.25, 0.3) is 10.0 Å². The SMILES string of the molecule is CCOc1ccc(NC(=O)CN(c2cccc(C(F)(F)F)c2)S(=O)(=O)c2c(C)noc2C)cc1. The first kappa shape index (κ1) is 25.1. The molecule has 1 aromatic heterocycles. The van der Waals surface area contributed by atoms with Crippen LogP contribution in [0.3, 0.4) is 0 Å². The van der Waals surface area contributed by atoms with Crippen LogP contribution in [0, 0.1) is 13.8 Å². The highest BCUT2D eigenvalue weighted by Gasteiger charge is 2.35. The Morgan fingerprint density at radius 1 is 1.15 bits per heavy atom. The molecule has 0 spiro atoms. The summed E-state index contributed by atoms with van der Waals surface area (Å²) in [5.74, 6) is -0.245. The van der Waals surface area contributed by atoms with Crippen LogP contribution in [0.2, 0.25) is 0 Å². The van der Waals surface area contributed by atoms with Gasteiger partial charge < -0.3 is 14.6 Å². The molecule has 1 amide bonds. The van der Waals surface area contributed by atoms with Crippen molar-refractivity contribution in [2.45, 2.75) is 31.8 Å². The number of carbonyl (C=O) groups is 1. The van der Waals surface area contributed by atoms with E-state index in [1.165, 1.54) is 19.9 Å². The largest absolute Gasteiger partial charge is 0.494 e. The Morgan fingerprint density at radius 3 is 2.38 bits per heavy atom. The zero-order valence-electron chi connectivity index (χ0n) is 18.5. The lowest BCUT2D eigenvalue weighted by molar-refractivity contribution is -0.137. The monoisotopic (exact) mass is 497 g/mol. The topological polar surface area (TPSA) is 102 Å². The molecule has 0 bridgehead atoms. The first-order valence-electron chi connectivity index (χ1n) is 10.1. The van der Waals surface area contributed by atoms with E-state index >= 15 is 0 Å². The fourth-order valence-corrected chi connectivity index (χ4v) is 4.95. The van der Waals surface area contributed by atoms with Crippen LogP contribution in [0.4, 0.5) is 24.5 Å². The number of aryl methyl sites for hydroxylation is 2. The number of aromatic nitrogens is 1. The second kappa shape index (κ2) is 9.75. The molecular formula is C22H22F3N3O5S. The number of anilines is 2. The first-order chi connectivity index (χ1) is 15.9. The molecule has 8 nitrogen and oxygen atoms in total. The molecule has 0 radical (unpaired) electrons. The molecule has 3 aromatic rings. The van der Waals surface area contributed by atoms with Crippen LogP contribution >= 0.6 is 0 Å². The van der Waals surface area contributed by atoms with E-state index in [9.17, 15) is 26.4 Å². The molecular weight excluding hydrogens is 475 g/mol. The van der Waals surface area contributed by atoms with Crippen molar-refractivity contribution >= 4 is 27.3 Å². The molecule has 3 rings (SSSR count). The van der Waals surface area contributed by atoms with Gasteiger partial charge in [0.05, 0.1) is 17.9 Å². The third kappa shape index (κ3) is 5.50. The summed E-state index contributed by atoms with van der Waals surface area (Å²) in [6.07, 6.45) is -4.71. The highest BCUT2D eigenvalue weighted by Crippen LogP contribution is 2.34. The Labute approximate surface area is 194 Å². The van der Waals surface area contributed by atoms with Crippen molar-refractivity contribution in [2.24, 2.45) is 0 Å². The van der Waals surface area contributed by atoms with Crippen molar-refractivity contribution in [2.75, 3.05) is 22.8 Å². The number of hydrogen-bond acceptors (Lipinski definition) is 6. The summed E-state index contributed by atoms with van der Waals surface area (Å²) in [6, 6.07) is 10.1. The van der Waals surface area contributed by atoms with Crippen LogP contribution in [-0.4, -0.2) is 32.6 Å². The number of alkyl halides is 3. The highest BCUT2D eigenvalue weighted by molar-refractivity contribution is 7.93. The van der Waals surface area contributed by atoms with Crippen LogP contribution in [-0.2, 0) is 21.0 Å². The maximum Gasteiger partial charge on any atom is 0.416 e. The number of halogens is 3. The van der Waals surface area contributed by atoms with Gasteiger partial charge in [0.15, 0.2) is 10.7 Å². The van der Waals surface area contributed by atoms with Gasteiger partial charge in [-0.05, 0) is 63.2 Å². The van der Waals surface area contributed by atoms with Crippen LogP contribution < -0.4 is 14.4 Å². The smallest absolute Gasteiger partial charge is 0.416 e. The Bertz CT molecular complexity index is 1250. The second-order valence-electron chi connectivity index (χ2n) is 7.22. The molecule has 1 heterocycles. The molecule has 0 aliphatic carbocycles. The zero-order valence-corrected chi connectivity index (χ0v) is 19.3. The van der Waals surface area contributed by atoms with E-state index in [0.717, 1.165) is 12.1 Å². The maximum absolute atomic E-state index is 13.4. The summed E-state index contributed by atoms with van der Waals surface area (Å²) >= 11 is 0. The van der Waals surface area contributed by atoms with Gasteiger partial charge in [0.1, 0.15) is 18.0 Å². The van der Waals surface area contributed by atoms with Gasteiger partial charge in [-0.25, -0.2) is 8.42 Å². The number of rotatable bonds is 8. The fraction of sp³-hybridized carbons (Fsp3) is 0.273. The first-order valence-corrected chi connectivity index (χ1v) is 11.5. The Morgan fingerprint density at radius 2 is 1.82 bits per heavy atom. The van der Waals surface area contributed by atoms with Crippen molar-refractivity contribution in [1.82, 2.24) is 5.16 Å². The van der Waals surface area contributed by atoms with E-state index in [4.69, 9.17) is 9.26 Å². The van der Waals surface area contributed by atoms with Gasteiger partial charge >= 0.3 is 6.18 Å². The van der Waals surface area contributed by atoms with E-state index in [1.807, 2.05) is 6.92 Å². The van der Waals surface area contributed by atoms with Crippen molar-refractivity contribution < 1.29 is 35.6 Å². The number of nitrogens with zero attached hydrogens (tertiary/aromatic N) is 2. The molecule has 1 N–H and O–H groups in total. The van der Waals surface area contributed by atoms with Crippen LogP contribution in [0.5, 0.6) is 5.75 Å². The van der Waals surface area contributed by atoms with Crippen molar-refractivity contribution in [3.63, 3.8) is 0 Å². The minimum atomic E-state index is -4.71. The third-order valence-corrected chi connectivity index (χ3v) is 6.73. The molecule has 12 heteroatoms. The quantitative estimate of drug-likeness (QED) is 0.490. The Kier molecular flexibility index (Phi) is 7.20. The summed E-state index contributed by atoms with van der Waals surface area (Å²) in [5, 5.41) is 6.15. The van der Waals surface area contributed by atoms with Crippen molar-refractivity contribution in [1.29, 1.82) is 0 Å². The predicted octanol–water partition coefficient (Wildman–Crippen LogP) is 4.54. The molecule has 2 aromatic carbocycles. The van der Waals surface area contributed by atoms with E-state index in [2.05, 4.69) is 10.5 Å². The number of sulfonamides is 1. The number of ether oxygens (including phenoxy) is 1. The Hall–Kier alpha value is -3.54. The van der Waals surface area contributed by atoms with Gasteiger partial charge in [0.2, 0.25) is 5.91 Å². The van der Waals surface area contributed by atoms with Gasteiger partial charge in [-0.15, -0.1) is 0 Å². The average molecular weight is 497 g/mol. The van der Waals surface area contributed by atoms with Gasteiger partial charge in [-0.3, -0.25) is 9.10 Å². The number of hydrogen-bond donors (Lipinski definition) is 1. The summed E-state index contributed by atoms with van der Waals surface area (Å²) in [4.78, 5) is 12.4. The van der Waals surface area contributed by atoms with Crippen molar-refractivity contribution in [3.05, 3.63) is 65.5 Å². The molecule has 0 saturated carbocycles. The summed E-state index contributed by atoms with van der Waals surface area (Å²) in [5.41, 5.74) is -1.03. The van der Waals surface area contributed by atoms with E-state index in [0.29, 0.717) is 28.4 Å². The van der Waals surface area contributed by atoms with Crippen LogP contribution in [0.15, 0.2) is 57.9 Å². The highest BCUT2D eigenvalue weighted by atomic mass is 32.2. The van der Waals surface area contributed by atoms with Crippen LogP contribution in [0.1, 0.15) is 23.9 Å². The van der Waals surface area contributed by atoms with Crippen LogP contribution in [0.25, 0.3) is 0 Å². The second-order valence-corrected chi connectivity index (χ2v) is 9.02. The molecule has 34 heavy (non-hydrogen) atoms. The molecule has 0 aliphatic heterocycles. The molecule has 0 aliphatic rings. The molecule has 0 unspecified atom stereocenters. The third-order valence-electron chi connectivity index (χ3n) is 4.71. The number of carbonyl (C=O) groups excluding carboxylic acids is 1. The molecule has 0 atom stereocenters. The maximum atomic E-state index is 13.4. The minimum Gasteiger partial charge on any atom is -0.494 e. The lowest BCUT2D eigenvalue weighted by Gasteiger charge is -2.24. The Balaban J connectivity index is 1.98. The summed E-state index contributed by atoms with van der Waals surface area (Å²) < 4.78 is 77.6. The van der Waals surface area contributed by atoms with Gasteiger partial charge in [-0.1, -0.05) is 11.2 Å². The fourth-order valence-electron chi connectivity index (χ4n) is 3.24. The normalized spacial score (nSPS) is 11.8. The molecule has 0 saturated heterocycles. The van der Waals surface area contributed by atoms with E-state index in [1.54, 1.807) is 24.3 Å². The number of benzene rings is 2. The standard InChI is InChI=1S/C22H22F3N3O5S/c1-4-32-19-10-8-17(9-11-19)26-20(29)13-28(18-7-5-6-16(12-18)22(23,24)25)34(30,31)21-14(2)27-33-15(21)3/h5-12H,4,13H2,1-3H3,(H,26,29). The average Bonchev–Trinajstić information content (AvgIpc) is 3.11. The minimum absolute atomic E-state index is 0.0152. The predicted molar refractivity (Wildman–Crippen MR) is 118 cm³/mol. The number of amides is 1. The number of nitrogens with one attached hydrogen (secondary N) is 1. The van der Waals surface area contributed by atoms with Gasteiger partial charge in [0, 0.05) is 5.69 Å². The summed E-state index contributed by atoms with van der Waals surface area (Å²) in [6.45, 7) is 4.22. The molecule has 182 valence electrons. The van der Waals surface area contributed by atoms with Gasteiger partial charge in [-0.2, -0.15) is 13.2 Å².